The first-order valence-electron chi connectivity index (χ1n) is 5.37. The number of carbonyl (C=O) groups excluding carboxylic acids is 1. The van der Waals surface area contributed by atoms with Crippen LogP contribution in [-0.4, -0.2) is 5.78 Å². The van der Waals surface area contributed by atoms with Crippen LogP contribution >= 0.6 is 0 Å². The molecule has 1 aromatic rings. The van der Waals surface area contributed by atoms with Gasteiger partial charge in [0.05, 0.1) is 12.7 Å². The zero-order valence-corrected chi connectivity index (χ0v) is 9.08. The summed E-state index contributed by atoms with van der Waals surface area (Å²) in [5, 5.41) is 0. The molecule has 0 amide bonds. The van der Waals surface area contributed by atoms with Crippen molar-refractivity contribution in [2.75, 3.05) is 0 Å². The summed E-state index contributed by atoms with van der Waals surface area (Å²) in [6.45, 7) is 2.16. The lowest BCUT2D eigenvalue weighted by atomic mass is 10.2. The Morgan fingerprint density at radius 1 is 1.40 bits per heavy atom. The zero-order valence-electron chi connectivity index (χ0n) is 9.08. The fourth-order valence-corrected chi connectivity index (χ4v) is 1.22. The van der Waals surface area contributed by atoms with Gasteiger partial charge in [-0.1, -0.05) is 25.7 Å². The maximum atomic E-state index is 11.4. The summed E-state index contributed by atoms with van der Waals surface area (Å²) < 4.78 is 4.97. The minimum Gasteiger partial charge on any atom is -0.461 e. The van der Waals surface area contributed by atoms with Crippen LogP contribution in [0.15, 0.2) is 22.8 Å². The van der Waals surface area contributed by atoms with Gasteiger partial charge >= 0.3 is 0 Å². The van der Waals surface area contributed by atoms with Crippen molar-refractivity contribution >= 4 is 5.78 Å². The normalized spacial score (nSPS) is 9.40. The first kappa shape index (κ1) is 11.6. The van der Waals surface area contributed by atoms with E-state index in [1.54, 1.807) is 12.1 Å². The SMILES string of the molecule is CCCCCC#CCC(=O)c1ccco1. The van der Waals surface area contributed by atoms with E-state index in [0.29, 0.717) is 5.76 Å². The van der Waals surface area contributed by atoms with Gasteiger partial charge in [0.1, 0.15) is 0 Å². The van der Waals surface area contributed by atoms with Crippen LogP contribution in [0.1, 0.15) is 49.6 Å². The van der Waals surface area contributed by atoms with E-state index in [4.69, 9.17) is 4.42 Å². The molecule has 80 valence electrons. The molecule has 0 aliphatic carbocycles. The average Bonchev–Trinajstić information content (AvgIpc) is 2.76. The molecule has 0 saturated heterocycles. The smallest absolute Gasteiger partial charge is 0.209 e. The van der Waals surface area contributed by atoms with Gasteiger partial charge in [-0.25, -0.2) is 0 Å². The van der Waals surface area contributed by atoms with Crippen LogP contribution in [0.2, 0.25) is 0 Å². The maximum Gasteiger partial charge on any atom is 0.209 e. The topological polar surface area (TPSA) is 30.2 Å². The number of furan rings is 1. The van der Waals surface area contributed by atoms with Crippen molar-refractivity contribution in [1.29, 1.82) is 0 Å². The fourth-order valence-electron chi connectivity index (χ4n) is 1.22. The quantitative estimate of drug-likeness (QED) is 0.418. The molecule has 0 spiro atoms. The number of hydrogen-bond acceptors (Lipinski definition) is 2. The van der Waals surface area contributed by atoms with Gasteiger partial charge in [0.15, 0.2) is 5.76 Å². The second-order valence-electron chi connectivity index (χ2n) is 3.39. The van der Waals surface area contributed by atoms with Crippen molar-refractivity contribution in [2.24, 2.45) is 0 Å². The van der Waals surface area contributed by atoms with E-state index >= 15 is 0 Å². The van der Waals surface area contributed by atoms with Crippen LogP contribution < -0.4 is 0 Å². The molecule has 0 fully saturated rings. The Bertz CT molecular complexity index is 338. The Morgan fingerprint density at radius 3 is 2.93 bits per heavy atom. The summed E-state index contributed by atoms with van der Waals surface area (Å²) in [6.07, 6.45) is 6.19. The lowest BCUT2D eigenvalue weighted by Crippen LogP contribution is -1.93. The summed E-state index contributed by atoms with van der Waals surface area (Å²) in [6, 6.07) is 3.38. The lowest BCUT2D eigenvalue weighted by Gasteiger charge is -1.89. The van der Waals surface area contributed by atoms with E-state index in [1.807, 2.05) is 0 Å². The first-order valence-corrected chi connectivity index (χ1v) is 5.37. The lowest BCUT2D eigenvalue weighted by molar-refractivity contribution is 0.0971. The third-order valence-corrected chi connectivity index (χ3v) is 2.08. The zero-order chi connectivity index (χ0) is 10.9. The van der Waals surface area contributed by atoms with Gasteiger partial charge in [-0.15, -0.1) is 5.92 Å². The summed E-state index contributed by atoms with van der Waals surface area (Å²) in [5.41, 5.74) is 0. The predicted octanol–water partition coefficient (Wildman–Crippen LogP) is 3.44. The molecule has 0 saturated carbocycles. The van der Waals surface area contributed by atoms with Gasteiger partial charge in [-0.2, -0.15) is 0 Å². The van der Waals surface area contributed by atoms with Crippen molar-refractivity contribution < 1.29 is 9.21 Å². The number of hydrogen-bond donors (Lipinski definition) is 0. The maximum absolute atomic E-state index is 11.4. The van der Waals surface area contributed by atoms with Gasteiger partial charge in [-0.3, -0.25) is 4.79 Å². The highest BCUT2D eigenvalue weighted by Gasteiger charge is 2.05. The molecular formula is C13H16O2. The molecule has 0 N–H and O–H groups in total. The largest absolute Gasteiger partial charge is 0.461 e. The molecule has 0 radical (unpaired) electrons. The highest BCUT2D eigenvalue weighted by Crippen LogP contribution is 2.03. The van der Waals surface area contributed by atoms with Crippen molar-refractivity contribution in [1.82, 2.24) is 0 Å². The second-order valence-corrected chi connectivity index (χ2v) is 3.39. The molecule has 0 aliphatic rings. The Balaban J connectivity index is 2.22. The Labute approximate surface area is 90.7 Å². The third kappa shape index (κ3) is 4.51. The van der Waals surface area contributed by atoms with Crippen molar-refractivity contribution in [3.05, 3.63) is 24.2 Å². The first-order chi connectivity index (χ1) is 7.34. The molecule has 0 unspecified atom stereocenters. The Kier molecular flexibility index (Phi) is 5.32. The van der Waals surface area contributed by atoms with E-state index in [2.05, 4.69) is 18.8 Å². The summed E-state index contributed by atoms with van der Waals surface area (Å²) in [5.74, 6) is 6.24. The molecule has 2 nitrogen and oxygen atoms in total. The Morgan fingerprint density at radius 2 is 2.27 bits per heavy atom. The molecule has 0 atom stereocenters. The number of carbonyl (C=O) groups is 1. The number of rotatable bonds is 5. The average molecular weight is 204 g/mol. The molecule has 2 heteroatoms. The van der Waals surface area contributed by atoms with Crippen LogP contribution in [0.5, 0.6) is 0 Å². The fraction of sp³-hybridized carbons (Fsp3) is 0.462. The van der Waals surface area contributed by atoms with Gasteiger partial charge in [0.2, 0.25) is 5.78 Å². The van der Waals surface area contributed by atoms with Crippen LogP contribution in [0.4, 0.5) is 0 Å². The van der Waals surface area contributed by atoms with Crippen LogP contribution in [0, 0.1) is 11.8 Å². The molecular weight excluding hydrogens is 188 g/mol. The van der Waals surface area contributed by atoms with Gasteiger partial charge in [-0.05, 0) is 18.6 Å². The molecule has 1 aromatic heterocycles. The number of unbranched alkanes of at least 4 members (excludes halogenated alkanes) is 3. The van der Waals surface area contributed by atoms with E-state index in [1.165, 1.54) is 19.1 Å². The summed E-state index contributed by atoms with van der Waals surface area (Å²) >= 11 is 0. The monoisotopic (exact) mass is 204 g/mol. The highest BCUT2D eigenvalue weighted by atomic mass is 16.3. The van der Waals surface area contributed by atoms with E-state index in [-0.39, 0.29) is 12.2 Å². The van der Waals surface area contributed by atoms with E-state index < -0.39 is 0 Å². The van der Waals surface area contributed by atoms with Gasteiger partial charge in [0.25, 0.3) is 0 Å². The second kappa shape index (κ2) is 6.89. The van der Waals surface area contributed by atoms with Crippen LogP contribution in [0.3, 0.4) is 0 Å². The summed E-state index contributed by atoms with van der Waals surface area (Å²) in [7, 11) is 0. The highest BCUT2D eigenvalue weighted by molar-refractivity contribution is 5.94. The molecule has 1 rings (SSSR count). The molecule has 15 heavy (non-hydrogen) atoms. The van der Waals surface area contributed by atoms with Crippen LogP contribution in [-0.2, 0) is 0 Å². The number of Topliss-reactive ketones (excluding diaryl/α,β-unsaturated/α-hetero) is 1. The van der Waals surface area contributed by atoms with Crippen LogP contribution in [0.25, 0.3) is 0 Å². The van der Waals surface area contributed by atoms with E-state index in [9.17, 15) is 4.79 Å². The van der Waals surface area contributed by atoms with E-state index in [0.717, 1.165) is 12.8 Å². The molecule has 0 aliphatic heterocycles. The third-order valence-electron chi connectivity index (χ3n) is 2.08. The molecule has 0 bridgehead atoms. The predicted molar refractivity (Wildman–Crippen MR) is 59.6 cm³/mol. The van der Waals surface area contributed by atoms with Gasteiger partial charge in [0, 0.05) is 6.42 Å². The van der Waals surface area contributed by atoms with Gasteiger partial charge < -0.3 is 4.42 Å². The minimum atomic E-state index is -0.0389. The van der Waals surface area contributed by atoms with Crippen molar-refractivity contribution in [3.8, 4) is 11.8 Å². The Hall–Kier alpha value is -1.49. The summed E-state index contributed by atoms with van der Waals surface area (Å²) in [4.78, 5) is 11.4. The molecule has 0 aromatic carbocycles. The standard InChI is InChI=1S/C13H16O2/c1-2-3-4-5-6-7-9-12(14)13-10-8-11-15-13/h8,10-11H,2-5,9H2,1H3. The minimum absolute atomic E-state index is 0.0389. The van der Waals surface area contributed by atoms with Crippen molar-refractivity contribution in [2.45, 2.75) is 39.0 Å². The molecule has 1 heterocycles. The van der Waals surface area contributed by atoms with Crippen molar-refractivity contribution in [3.63, 3.8) is 0 Å². The number of ketones is 1.